The van der Waals surface area contributed by atoms with Crippen LogP contribution in [0, 0.1) is 0 Å². The van der Waals surface area contributed by atoms with Crippen LogP contribution in [0.1, 0.15) is 0 Å². The molecule has 0 saturated carbocycles. The minimum Gasteiger partial charge on any atom is -0.223 e. The maximum Gasteiger partial charge on any atom is 0.143 e. The molecule has 60 valence electrons. The van der Waals surface area contributed by atoms with Gasteiger partial charge in [0.05, 0.1) is 0 Å². The molecule has 2 nitrogen and oxygen atoms in total. The molecule has 0 N–H and O–H groups in total. The molecule has 4 heteroatoms. The molecule has 0 amide bonds. The molecule has 0 bridgehead atoms. The third kappa shape index (κ3) is 1.54. The van der Waals surface area contributed by atoms with E-state index in [4.69, 9.17) is 0 Å². The van der Waals surface area contributed by atoms with Gasteiger partial charge in [0, 0.05) is 10.0 Å². The highest BCUT2D eigenvalue weighted by Gasteiger charge is 1.99. The summed E-state index contributed by atoms with van der Waals surface area (Å²) in [5.74, 6) is 0. The molecule has 0 atom stereocenters. The van der Waals surface area contributed by atoms with Crippen LogP contribution in [0.5, 0.6) is 0 Å². The van der Waals surface area contributed by atoms with E-state index >= 15 is 0 Å². The second-order valence-corrected chi connectivity index (χ2v) is 3.95. The lowest BCUT2D eigenvalue weighted by molar-refractivity contribution is 1.33. The van der Waals surface area contributed by atoms with Crippen molar-refractivity contribution in [2.24, 2.45) is 0 Å². The van der Waals surface area contributed by atoms with E-state index in [1.165, 1.54) is 11.5 Å². The minimum atomic E-state index is 0.955. The smallest absolute Gasteiger partial charge is 0.143 e. The highest BCUT2D eigenvalue weighted by atomic mass is 79.9. The Bertz CT molecular complexity index is 372. The maximum atomic E-state index is 4.11. The summed E-state index contributed by atoms with van der Waals surface area (Å²) in [5.41, 5.74) is 1.10. The van der Waals surface area contributed by atoms with Gasteiger partial charge in [0.1, 0.15) is 11.3 Å². The molecule has 12 heavy (non-hydrogen) atoms. The Morgan fingerprint density at radius 3 is 2.92 bits per heavy atom. The van der Waals surface area contributed by atoms with Crippen molar-refractivity contribution in [1.82, 2.24) is 9.36 Å². The molecule has 0 aliphatic rings. The molecule has 0 fully saturated rings. The average molecular weight is 241 g/mol. The predicted octanol–water partition coefficient (Wildman–Crippen LogP) is 2.97. The Morgan fingerprint density at radius 1 is 1.33 bits per heavy atom. The van der Waals surface area contributed by atoms with Gasteiger partial charge < -0.3 is 0 Å². The summed E-state index contributed by atoms with van der Waals surface area (Å²) < 4.78 is 5.01. The van der Waals surface area contributed by atoms with Crippen LogP contribution in [0.25, 0.3) is 10.6 Å². The van der Waals surface area contributed by atoms with E-state index in [2.05, 4.69) is 25.3 Å². The van der Waals surface area contributed by atoms with Crippen LogP contribution in [0.4, 0.5) is 0 Å². The number of hydrogen-bond acceptors (Lipinski definition) is 3. The molecule has 1 aromatic carbocycles. The first-order valence-electron chi connectivity index (χ1n) is 3.39. The number of nitrogens with zero attached hydrogens (tertiary/aromatic N) is 2. The third-order valence-electron chi connectivity index (χ3n) is 1.43. The summed E-state index contributed by atoms with van der Waals surface area (Å²) in [6.07, 6.45) is 1.57. The van der Waals surface area contributed by atoms with Crippen molar-refractivity contribution < 1.29 is 0 Å². The van der Waals surface area contributed by atoms with Gasteiger partial charge in [-0.3, -0.25) is 0 Å². The lowest BCUT2D eigenvalue weighted by atomic mass is 10.2. The van der Waals surface area contributed by atoms with Gasteiger partial charge in [0.15, 0.2) is 0 Å². The van der Waals surface area contributed by atoms with E-state index in [1.807, 2.05) is 24.3 Å². The van der Waals surface area contributed by atoms with Crippen molar-refractivity contribution in [1.29, 1.82) is 0 Å². The van der Waals surface area contributed by atoms with E-state index in [0.29, 0.717) is 0 Å². The molecule has 2 rings (SSSR count). The van der Waals surface area contributed by atoms with Gasteiger partial charge in [-0.05, 0) is 23.7 Å². The number of hydrogen-bond donors (Lipinski definition) is 0. The van der Waals surface area contributed by atoms with Crippen LogP contribution in [0.2, 0.25) is 0 Å². The molecule has 0 radical (unpaired) electrons. The van der Waals surface area contributed by atoms with Crippen molar-refractivity contribution in [3.8, 4) is 10.6 Å². The number of rotatable bonds is 1. The van der Waals surface area contributed by atoms with Crippen molar-refractivity contribution >= 4 is 27.5 Å². The SMILES string of the molecule is Brc1cccc(-c2ncns2)c1. The van der Waals surface area contributed by atoms with Crippen LogP contribution in [-0.4, -0.2) is 9.36 Å². The first kappa shape index (κ1) is 7.89. The van der Waals surface area contributed by atoms with Gasteiger partial charge in [-0.2, -0.15) is 4.37 Å². The summed E-state index contributed by atoms with van der Waals surface area (Å²) in [5, 5.41) is 0.955. The van der Waals surface area contributed by atoms with Gasteiger partial charge in [0.25, 0.3) is 0 Å². The molecule has 1 aromatic heterocycles. The van der Waals surface area contributed by atoms with E-state index in [1.54, 1.807) is 6.33 Å². The Balaban J connectivity index is 2.48. The molecule has 0 spiro atoms. The van der Waals surface area contributed by atoms with E-state index in [9.17, 15) is 0 Å². The fraction of sp³-hybridized carbons (Fsp3) is 0. The summed E-state index contributed by atoms with van der Waals surface area (Å²) in [6, 6.07) is 8.02. The zero-order chi connectivity index (χ0) is 8.39. The normalized spacial score (nSPS) is 10.1. The quantitative estimate of drug-likeness (QED) is 0.767. The Labute approximate surface area is 82.6 Å². The first-order valence-corrected chi connectivity index (χ1v) is 4.95. The van der Waals surface area contributed by atoms with Crippen LogP contribution in [0.3, 0.4) is 0 Å². The van der Waals surface area contributed by atoms with Crippen LogP contribution >= 0.6 is 27.5 Å². The minimum absolute atomic E-state index is 0.955. The fourth-order valence-corrected chi connectivity index (χ4v) is 1.84. The van der Waals surface area contributed by atoms with Crippen molar-refractivity contribution in [3.05, 3.63) is 35.1 Å². The molecule has 0 aliphatic carbocycles. The first-order chi connectivity index (χ1) is 5.86. The Hall–Kier alpha value is -0.740. The van der Waals surface area contributed by atoms with Crippen molar-refractivity contribution in [3.63, 3.8) is 0 Å². The van der Waals surface area contributed by atoms with E-state index < -0.39 is 0 Å². The molecule has 1 heterocycles. The molecular formula is C8H5BrN2S. The van der Waals surface area contributed by atoms with Gasteiger partial charge in [-0.15, -0.1) is 0 Å². The molecule has 0 aliphatic heterocycles. The largest absolute Gasteiger partial charge is 0.223 e. The standard InChI is InChI=1S/C8H5BrN2S/c9-7-3-1-2-6(4-7)8-10-5-11-12-8/h1-5H. The van der Waals surface area contributed by atoms with Crippen molar-refractivity contribution in [2.75, 3.05) is 0 Å². The zero-order valence-electron chi connectivity index (χ0n) is 6.07. The van der Waals surface area contributed by atoms with Gasteiger partial charge in [-0.25, -0.2) is 4.98 Å². The molecule has 2 aromatic rings. The second kappa shape index (κ2) is 3.33. The summed E-state index contributed by atoms with van der Waals surface area (Å²) in [6.45, 7) is 0. The summed E-state index contributed by atoms with van der Waals surface area (Å²) in [7, 11) is 0. The fourth-order valence-electron chi connectivity index (χ4n) is 0.922. The number of halogens is 1. The second-order valence-electron chi connectivity index (χ2n) is 2.26. The van der Waals surface area contributed by atoms with Gasteiger partial charge in [0.2, 0.25) is 0 Å². The van der Waals surface area contributed by atoms with Crippen molar-refractivity contribution in [2.45, 2.75) is 0 Å². The average Bonchev–Trinajstić information content (AvgIpc) is 2.56. The topological polar surface area (TPSA) is 25.8 Å². The highest BCUT2D eigenvalue weighted by Crippen LogP contribution is 2.22. The van der Waals surface area contributed by atoms with E-state index in [-0.39, 0.29) is 0 Å². The van der Waals surface area contributed by atoms with Crippen LogP contribution < -0.4 is 0 Å². The maximum absolute atomic E-state index is 4.11. The van der Waals surface area contributed by atoms with Gasteiger partial charge in [-0.1, -0.05) is 28.1 Å². The van der Waals surface area contributed by atoms with Crippen LogP contribution in [-0.2, 0) is 0 Å². The Morgan fingerprint density at radius 2 is 2.25 bits per heavy atom. The lowest BCUT2D eigenvalue weighted by Crippen LogP contribution is -1.73. The van der Waals surface area contributed by atoms with Crippen LogP contribution in [0.15, 0.2) is 35.1 Å². The monoisotopic (exact) mass is 240 g/mol. The highest BCUT2D eigenvalue weighted by molar-refractivity contribution is 9.10. The summed E-state index contributed by atoms with van der Waals surface area (Å²) in [4.78, 5) is 4.11. The number of benzene rings is 1. The molecular weight excluding hydrogens is 236 g/mol. The van der Waals surface area contributed by atoms with Gasteiger partial charge >= 0.3 is 0 Å². The summed E-state index contributed by atoms with van der Waals surface area (Å²) >= 11 is 4.81. The Kier molecular flexibility index (Phi) is 2.19. The lowest BCUT2D eigenvalue weighted by Gasteiger charge is -1.94. The predicted molar refractivity (Wildman–Crippen MR) is 53.0 cm³/mol. The number of aromatic nitrogens is 2. The molecule has 0 unspecified atom stereocenters. The zero-order valence-corrected chi connectivity index (χ0v) is 8.47. The molecule has 0 saturated heterocycles. The van der Waals surface area contributed by atoms with E-state index in [0.717, 1.165) is 15.0 Å². The third-order valence-corrected chi connectivity index (χ3v) is 2.64.